The van der Waals surface area contributed by atoms with Gasteiger partial charge in [-0.2, -0.15) is 4.58 Å². The summed E-state index contributed by atoms with van der Waals surface area (Å²) < 4.78 is 2.32. The monoisotopic (exact) mass is 494 g/mol. The minimum atomic E-state index is -1.12. The number of benzene rings is 2. The zero-order valence-electron chi connectivity index (χ0n) is 21.6. The second-order valence-electron chi connectivity index (χ2n) is 9.84. The molecule has 4 amide bonds. The van der Waals surface area contributed by atoms with Crippen molar-refractivity contribution in [1.29, 1.82) is 0 Å². The third kappa shape index (κ3) is 5.72. The lowest BCUT2D eigenvalue weighted by molar-refractivity contribution is -0.439. The van der Waals surface area contributed by atoms with E-state index in [1.165, 1.54) is 34.7 Å². The molecule has 0 fully saturated rings. The Kier molecular flexibility index (Phi) is 8.12. The van der Waals surface area contributed by atoms with Crippen LogP contribution in [0.5, 0.6) is 0 Å². The fourth-order valence-electron chi connectivity index (χ4n) is 4.77. The predicted octanol–water partition coefficient (Wildman–Crippen LogP) is 1.63. The highest BCUT2D eigenvalue weighted by molar-refractivity contribution is 6.01. The summed E-state index contributed by atoms with van der Waals surface area (Å²) in [6.45, 7) is 10.6. The van der Waals surface area contributed by atoms with Crippen LogP contribution in [0, 0.1) is 0 Å². The maximum atomic E-state index is 12.5. The smallest absolute Gasteiger partial charge is 0.243 e. The Hall–Kier alpha value is -3.75. The van der Waals surface area contributed by atoms with Crippen molar-refractivity contribution in [1.82, 2.24) is 16.0 Å². The van der Waals surface area contributed by atoms with Crippen molar-refractivity contribution in [3.05, 3.63) is 42.0 Å². The van der Waals surface area contributed by atoms with Crippen LogP contribution in [0.25, 0.3) is 10.8 Å². The van der Waals surface area contributed by atoms with E-state index < -0.39 is 29.8 Å². The average Bonchev–Trinajstić information content (AvgIpc) is 3.00. The van der Waals surface area contributed by atoms with E-state index >= 15 is 0 Å². The van der Waals surface area contributed by atoms with Crippen LogP contribution < -0.4 is 21.7 Å². The lowest BCUT2D eigenvalue weighted by Crippen LogP contribution is -2.53. The number of hydrogen-bond acceptors (Lipinski definition) is 4. The molecule has 0 saturated heterocycles. The van der Waals surface area contributed by atoms with Gasteiger partial charge in [-0.3, -0.25) is 19.2 Å². The first-order chi connectivity index (χ1) is 16.9. The largest absolute Gasteiger partial charge is 0.370 e. The van der Waals surface area contributed by atoms with Crippen LogP contribution in [0.3, 0.4) is 0 Å². The SMILES string of the molecule is CC(=O)NC(CC(N)=O)C(=O)N[C@H](C)C(=O)NCCC[N+]1=C(C)C(C)(C)c2c1ccc1ccccc21. The summed E-state index contributed by atoms with van der Waals surface area (Å²) in [4.78, 5) is 47.5. The van der Waals surface area contributed by atoms with E-state index in [2.05, 4.69) is 77.7 Å². The number of hydrogen-bond donors (Lipinski definition) is 4. The van der Waals surface area contributed by atoms with Gasteiger partial charge in [-0.25, -0.2) is 0 Å². The number of nitrogens with two attached hydrogens (primary N) is 1. The predicted molar refractivity (Wildman–Crippen MR) is 139 cm³/mol. The Morgan fingerprint density at radius 2 is 1.72 bits per heavy atom. The van der Waals surface area contributed by atoms with Crippen LogP contribution in [0.4, 0.5) is 5.69 Å². The molecule has 9 nitrogen and oxygen atoms in total. The fourth-order valence-corrected chi connectivity index (χ4v) is 4.77. The van der Waals surface area contributed by atoms with Crippen LogP contribution in [0.2, 0.25) is 0 Å². The molecular formula is C27H36N5O4+. The molecule has 0 spiro atoms. The highest BCUT2D eigenvalue weighted by Crippen LogP contribution is 2.43. The third-order valence-electron chi connectivity index (χ3n) is 6.84. The van der Waals surface area contributed by atoms with Gasteiger partial charge < -0.3 is 21.7 Å². The minimum Gasteiger partial charge on any atom is -0.370 e. The molecule has 0 saturated carbocycles. The Morgan fingerprint density at radius 1 is 1.03 bits per heavy atom. The van der Waals surface area contributed by atoms with Crippen molar-refractivity contribution >= 4 is 45.8 Å². The molecule has 1 heterocycles. The van der Waals surface area contributed by atoms with Crippen molar-refractivity contribution in [3.63, 3.8) is 0 Å². The summed E-state index contributed by atoms with van der Waals surface area (Å²) in [7, 11) is 0. The van der Waals surface area contributed by atoms with Crippen molar-refractivity contribution in [3.8, 4) is 0 Å². The highest BCUT2D eigenvalue weighted by Gasteiger charge is 2.43. The molecule has 0 radical (unpaired) electrons. The zero-order valence-corrected chi connectivity index (χ0v) is 21.6. The van der Waals surface area contributed by atoms with Crippen molar-refractivity contribution < 1.29 is 23.8 Å². The molecule has 2 atom stereocenters. The second-order valence-corrected chi connectivity index (χ2v) is 9.84. The first-order valence-corrected chi connectivity index (χ1v) is 12.2. The number of nitrogens with one attached hydrogen (secondary N) is 3. The van der Waals surface area contributed by atoms with E-state index in [0.29, 0.717) is 13.0 Å². The van der Waals surface area contributed by atoms with Gasteiger partial charge in [-0.15, -0.1) is 0 Å². The van der Waals surface area contributed by atoms with Gasteiger partial charge in [0.15, 0.2) is 12.3 Å². The van der Waals surface area contributed by atoms with Crippen molar-refractivity contribution in [2.24, 2.45) is 5.73 Å². The highest BCUT2D eigenvalue weighted by atomic mass is 16.2. The molecule has 192 valence electrons. The number of nitrogens with zero attached hydrogens (tertiary/aromatic N) is 1. The normalized spacial score (nSPS) is 15.7. The summed E-state index contributed by atoms with van der Waals surface area (Å²) in [5.41, 5.74) is 8.84. The van der Waals surface area contributed by atoms with Crippen molar-refractivity contribution in [2.45, 2.75) is 65.0 Å². The van der Waals surface area contributed by atoms with Gasteiger partial charge in [0.1, 0.15) is 12.1 Å². The molecule has 9 heteroatoms. The molecule has 0 bridgehead atoms. The Bertz CT molecular complexity index is 1220. The number of fused-ring (bicyclic) bond motifs is 3. The van der Waals surface area contributed by atoms with Crippen LogP contribution in [-0.4, -0.2) is 59.1 Å². The van der Waals surface area contributed by atoms with Gasteiger partial charge in [-0.05, 0) is 37.6 Å². The maximum Gasteiger partial charge on any atom is 0.243 e. The molecule has 3 rings (SSSR count). The molecule has 1 unspecified atom stereocenters. The van der Waals surface area contributed by atoms with Gasteiger partial charge in [0.2, 0.25) is 29.3 Å². The van der Waals surface area contributed by atoms with Crippen LogP contribution in [0.1, 0.15) is 53.0 Å². The summed E-state index contributed by atoms with van der Waals surface area (Å²) in [5, 5.41) is 10.2. The quantitative estimate of drug-likeness (QED) is 0.295. The molecule has 2 aromatic carbocycles. The van der Waals surface area contributed by atoms with Crippen LogP contribution >= 0.6 is 0 Å². The van der Waals surface area contributed by atoms with Crippen LogP contribution in [0.15, 0.2) is 36.4 Å². The third-order valence-corrected chi connectivity index (χ3v) is 6.84. The average molecular weight is 495 g/mol. The van der Waals surface area contributed by atoms with E-state index in [1.807, 2.05) is 0 Å². The molecule has 1 aliphatic heterocycles. The van der Waals surface area contributed by atoms with Gasteiger partial charge in [0.05, 0.1) is 11.8 Å². The van der Waals surface area contributed by atoms with Crippen molar-refractivity contribution in [2.75, 3.05) is 13.1 Å². The first kappa shape index (κ1) is 26.8. The van der Waals surface area contributed by atoms with Gasteiger partial charge in [0, 0.05) is 38.4 Å². The van der Waals surface area contributed by atoms with Gasteiger partial charge in [0.25, 0.3) is 0 Å². The lowest BCUT2D eigenvalue weighted by Gasteiger charge is -2.19. The Balaban J connectivity index is 1.58. The summed E-state index contributed by atoms with van der Waals surface area (Å²) in [6.07, 6.45) is 0.362. The maximum absolute atomic E-state index is 12.5. The zero-order chi connectivity index (χ0) is 26.6. The van der Waals surface area contributed by atoms with E-state index in [-0.39, 0.29) is 17.7 Å². The summed E-state index contributed by atoms with van der Waals surface area (Å²) in [5.74, 6) is -2.19. The molecule has 2 aromatic rings. The van der Waals surface area contributed by atoms with Gasteiger partial charge in [-0.1, -0.05) is 24.3 Å². The summed E-state index contributed by atoms with van der Waals surface area (Å²) >= 11 is 0. The molecular weight excluding hydrogens is 458 g/mol. The van der Waals surface area contributed by atoms with E-state index in [1.54, 1.807) is 6.92 Å². The second kappa shape index (κ2) is 10.9. The van der Waals surface area contributed by atoms with E-state index in [9.17, 15) is 19.2 Å². The molecule has 5 N–H and O–H groups in total. The van der Waals surface area contributed by atoms with E-state index in [0.717, 1.165) is 6.54 Å². The number of carbonyl (C=O) groups is 4. The lowest BCUT2D eigenvalue weighted by atomic mass is 9.80. The topological polar surface area (TPSA) is 133 Å². The summed E-state index contributed by atoms with van der Waals surface area (Å²) in [6, 6.07) is 10.8. The minimum absolute atomic E-state index is 0.104. The Morgan fingerprint density at radius 3 is 2.39 bits per heavy atom. The van der Waals surface area contributed by atoms with E-state index in [4.69, 9.17) is 5.73 Å². The molecule has 0 aliphatic carbocycles. The molecule has 1 aliphatic rings. The molecule has 36 heavy (non-hydrogen) atoms. The number of carbonyl (C=O) groups excluding carboxylic acids is 4. The Labute approximate surface area is 211 Å². The van der Waals surface area contributed by atoms with Gasteiger partial charge >= 0.3 is 0 Å². The standard InChI is InChI=1S/C27H35N5O4/c1-16(30-26(36)21(15-23(28)34)31-18(3)33)25(35)29-13-8-14-32-17(2)27(4,5)24-20-10-7-6-9-19(20)11-12-22(24)32/h6-7,9-12,16,21H,8,13-15H2,1-5H3,(H4-,28,29,30,31,33,34,35,36)/p+1/t16-,21?/m1/s1. The number of amides is 4. The number of rotatable bonds is 10. The number of primary amides is 1. The first-order valence-electron chi connectivity index (χ1n) is 12.2. The van der Waals surface area contributed by atoms with Crippen LogP contribution in [-0.2, 0) is 24.6 Å². The fraction of sp³-hybridized carbons (Fsp3) is 0.444. The molecule has 0 aromatic heterocycles.